The molecule has 0 heterocycles. The minimum Gasteiger partial charge on any atom is -0.383 e. The zero-order valence-electron chi connectivity index (χ0n) is 14.5. The van der Waals surface area contributed by atoms with Crippen LogP contribution in [0.25, 0.3) is 0 Å². The third kappa shape index (κ3) is 5.26. The van der Waals surface area contributed by atoms with Gasteiger partial charge in [0.1, 0.15) is 11.6 Å². The van der Waals surface area contributed by atoms with Crippen LogP contribution in [-0.4, -0.2) is 5.91 Å². The Morgan fingerprint density at radius 3 is 2.54 bits per heavy atom. The average molecular weight is 388 g/mol. The molecule has 134 valence electrons. The maximum Gasteiger partial charge on any atom is 0.267 e. The van der Waals surface area contributed by atoms with E-state index < -0.39 is 5.91 Å². The van der Waals surface area contributed by atoms with Crippen molar-refractivity contribution in [2.24, 2.45) is 0 Å². The van der Waals surface area contributed by atoms with Gasteiger partial charge in [-0.15, -0.1) is 0 Å². The Kier molecular flexibility index (Phi) is 7.08. The second kappa shape index (κ2) is 9.28. The minimum absolute atomic E-state index is 0.0492. The van der Waals surface area contributed by atoms with E-state index in [1.54, 1.807) is 12.1 Å². The number of nitriles is 1. The lowest BCUT2D eigenvalue weighted by atomic mass is 10.1. The molecule has 2 N–H and O–H groups in total. The zero-order valence-corrected chi connectivity index (χ0v) is 16.0. The largest absolute Gasteiger partial charge is 0.383 e. The van der Waals surface area contributed by atoms with Crippen molar-refractivity contribution in [3.05, 3.63) is 75.4 Å². The van der Waals surface area contributed by atoms with Gasteiger partial charge in [0.05, 0.1) is 10.7 Å². The first kappa shape index (κ1) is 19.8. The highest BCUT2D eigenvalue weighted by atomic mass is 35.5. The van der Waals surface area contributed by atoms with Crippen molar-refractivity contribution in [1.82, 2.24) is 5.32 Å². The molecule has 1 amide bonds. The lowest BCUT2D eigenvalue weighted by Gasteiger charge is -2.13. The molecule has 2 rings (SSSR count). The number of hydrogen-bond donors (Lipinski definition) is 2. The normalized spacial score (nSPS) is 12.2. The van der Waals surface area contributed by atoms with Gasteiger partial charge in [-0.3, -0.25) is 4.79 Å². The molecule has 0 bridgehead atoms. The predicted octanol–water partition coefficient (Wildman–Crippen LogP) is 5.25. The van der Waals surface area contributed by atoms with E-state index in [4.69, 9.17) is 23.2 Å². The summed E-state index contributed by atoms with van der Waals surface area (Å²) in [6, 6.07) is 14.8. The molecule has 4 nitrogen and oxygen atoms in total. The number of nitrogens with one attached hydrogen (secondary N) is 2. The SMILES string of the molecule is CCc1ccc(C(C)N/C=C(/C#N)C(=O)Nc2cc(Cl)ccc2Cl)cc1. The quantitative estimate of drug-likeness (QED) is 0.525. The molecular weight excluding hydrogens is 369 g/mol. The number of carbonyl (C=O) groups excluding carboxylic acids is 1. The molecule has 2 aromatic carbocycles. The van der Waals surface area contributed by atoms with Gasteiger partial charge in [-0.1, -0.05) is 54.4 Å². The highest BCUT2D eigenvalue weighted by Gasteiger charge is 2.12. The molecule has 0 aromatic heterocycles. The van der Waals surface area contributed by atoms with Crippen molar-refractivity contribution < 1.29 is 4.79 Å². The standard InChI is InChI=1S/C20H19Cl2N3O/c1-3-14-4-6-15(7-5-14)13(2)24-12-16(11-23)20(26)25-19-10-17(21)8-9-18(19)22/h4-10,12-13,24H,3H2,1-2H3,(H,25,26)/b16-12-. The van der Waals surface area contributed by atoms with E-state index in [2.05, 4.69) is 29.7 Å². The Labute approximate surface area is 163 Å². The number of rotatable bonds is 6. The number of amides is 1. The predicted molar refractivity (Wildman–Crippen MR) is 106 cm³/mol. The Balaban J connectivity index is 2.07. The van der Waals surface area contributed by atoms with Crippen LogP contribution in [0.4, 0.5) is 5.69 Å². The number of nitrogens with zero attached hydrogens (tertiary/aromatic N) is 1. The van der Waals surface area contributed by atoms with Crippen LogP contribution >= 0.6 is 23.2 Å². The number of halogens is 2. The van der Waals surface area contributed by atoms with Crippen molar-refractivity contribution in [2.75, 3.05) is 5.32 Å². The Morgan fingerprint density at radius 1 is 1.23 bits per heavy atom. The fourth-order valence-corrected chi connectivity index (χ4v) is 2.62. The maximum absolute atomic E-state index is 12.3. The summed E-state index contributed by atoms with van der Waals surface area (Å²) in [4.78, 5) is 12.3. The third-order valence-electron chi connectivity index (χ3n) is 3.91. The molecular formula is C20H19Cl2N3O. The van der Waals surface area contributed by atoms with Crippen molar-refractivity contribution in [3.63, 3.8) is 0 Å². The lowest BCUT2D eigenvalue weighted by Crippen LogP contribution is -2.18. The minimum atomic E-state index is -0.558. The van der Waals surface area contributed by atoms with Gasteiger partial charge < -0.3 is 10.6 Å². The molecule has 0 aliphatic carbocycles. The van der Waals surface area contributed by atoms with E-state index in [0.29, 0.717) is 15.7 Å². The van der Waals surface area contributed by atoms with Gasteiger partial charge in [0.15, 0.2) is 0 Å². The summed E-state index contributed by atoms with van der Waals surface area (Å²) in [5.74, 6) is -0.558. The highest BCUT2D eigenvalue weighted by molar-refractivity contribution is 6.35. The first-order valence-corrected chi connectivity index (χ1v) is 8.91. The Hall–Kier alpha value is -2.48. The Bertz CT molecular complexity index is 854. The number of benzene rings is 2. The lowest BCUT2D eigenvalue weighted by molar-refractivity contribution is -0.112. The molecule has 0 aliphatic rings. The van der Waals surface area contributed by atoms with E-state index in [1.165, 1.54) is 17.8 Å². The van der Waals surface area contributed by atoms with E-state index >= 15 is 0 Å². The second-order valence-corrected chi connectivity index (χ2v) is 6.58. The fourth-order valence-electron chi connectivity index (χ4n) is 2.28. The summed E-state index contributed by atoms with van der Waals surface area (Å²) >= 11 is 11.9. The summed E-state index contributed by atoms with van der Waals surface area (Å²) in [5, 5.41) is 15.7. The topological polar surface area (TPSA) is 64.9 Å². The third-order valence-corrected chi connectivity index (χ3v) is 4.47. The van der Waals surface area contributed by atoms with Crippen molar-refractivity contribution in [3.8, 4) is 6.07 Å². The fraction of sp³-hybridized carbons (Fsp3) is 0.200. The number of anilines is 1. The number of hydrogen-bond acceptors (Lipinski definition) is 3. The maximum atomic E-state index is 12.3. The molecule has 26 heavy (non-hydrogen) atoms. The van der Waals surface area contributed by atoms with E-state index in [1.807, 2.05) is 25.1 Å². The summed E-state index contributed by atoms with van der Waals surface area (Å²) in [5.41, 5.74) is 2.62. The summed E-state index contributed by atoms with van der Waals surface area (Å²) in [6.45, 7) is 4.06. The molecule has 2 aromatic rings. The van der Waals surface area contributed by atoms with Crippen LogP contribution in [0.5, 0.6) is 0 Å². The Morgan fingerprint density at radius 2 is 1.92 bits per heavy atom. The molecule has 0 aliphatic heterocycles. The van der Waals surface area contributed by atoms with Crippen molar-refractivity contribution in [2.45, 2.75) is 26.3 Å². The average Bonchev–Trinajstić information content (AvgIpc) is 2.65. The molecule has 0 saturated heterocycles. The van der Waals surface area contributed by atoms with Crippen LogP contribution in [0, 0.1) is 11.3 Å². The summed E-state index contributed by atoms with van der Waals surface area (Å²) in [7, 11) is 0. The monoisotopic (exact) mass is 387 g/mol. The van der Waals surface area contributed by atoms with Gasteiger partial charge in [-0.25, -0.2) is 0 Å². The van der Waals surface area contributed by atoms with Crippen molar-refractivity contribution >= 4 is 34.8 Å². The molecule has 1 unspecified atom stereocenters. The number of aryl methyl sites for hydroxylation is 1. The van der Waals surface area contributed by atoms with Crippen LogP contribution in [0.1, 0.15) is 31.0 Å². The van der Waals surface area contributed by atoms with Gasteiger partial charge in [0, 0.05) is 17.3 Å². The van der Waals surface area contributed by atoms with E-state index in [-0.39, 0.29) is 11.6 Å². The van der Waals surface area contributed by atoms with Crippen LogP contribution < -0.4 is 10.6 Å². The molecule has 0 saturated carbocycles. The van der Waals surface area contributed by atoms with Gasteiger partial charge in [0.2, 0.25) is 0 Å². The van der Waals surface area contributed by atoms with Crippen molar-refractivity contribution in [1.29, 1.82) is 5.26 Å². The molecule has 6 heteroatoms. The first-order chi connectivity index (χ1) is 12.4. The van der Waals surface area contributed by atoms with Gasteiger partial charge >= 0.3 is 0 Å². The zero-order chi connectivity index (χ0) is 19.1. The highest BCUT2D eigenvalue weighted by Crippen LogP contribution is 2.25. The van der Waals surface area contributed by atoms with Gasteiger partial charge in [0.25, 0.3) is 5.91 Å². The number of carbonyl (C=O) groups is 1. The second-order valence-electron chi connectivity index (χ2n) is 5.73. The van der Waals surface area contributed by atoms with Crippen LogP contribution in [0.2, 0.25) is 10.0 Å². The van der Waals surface area contributed by atoms with Crippen LogP contribution in [-0.2, 0) is 11.2 Å². The summed E-state index contributed by atoms with van der Waals surface area (Å²) in [6.07, 6.45) is 2.39. The van der Waals surface area contributed by atoms with E-state index in [9.17, 15) is 10.1 Å². The van der Waals surface area contributed by atoms with Crippen LogP contribution in [0.3, 0.4) is 0 Å². The molecule has 0 fully saturated rings. The molecule has 0 radical (unpaired) electrons. The smallest absolute Gasteiger partial charge is 0.267 e. The van der Waals surface area contributed by atoms with Crippen LogP contribution in [0.15, 0.2) is 54.2 Å². The first-order valence-electron chi connectivity index (χ1n) is 8.16. The van der Waals surface area contributed by atoms with E-state index in [0.717, 1.165) is 12.0 Å². The van der Waals surface area contributed by atoms with Gasteiger partial charge in [-0.05, 0) is 42.7 Å². The van der Waals surface area contributed by atoms with Gasteiger partial charge in [-0.2, -0.15) is 5.26 Å². The molecule has 1 atom stereocenters. The molecule has 0 spiro atoms. The summed E-state index contributed by atoms with van der Waals surface area (Å²) < 4.78 is 0.